The molecule has 2 aromatic rings. The summed E-state index contributed by atoms with van der Waals surface area (Å²) in [5, 5.41) is 3.17. The number of alkyl carbamates (subject to hydrolysis) is 1. The van der Waals surface area contributed by atoms with Crippen LogP contribution in [0.3, 0.4) is 0 Å². The molecule has 32 heavy (non-hydrogen) atoms. The highest BCUT2D eigenvalue weighted by Crippen LogP contribution is 2.28. The van der Waals surface area contributed by atoms with Gasteiger partial charge in [-0.3, -0.25) is 4.79 Å². The predicted octanol–water partition coefficient (Wildman–Crippen LogP) is 5.85. The van der Waals surface area contributed by atoms with Crippen molar-refractivity contribution in [3.8, 4) is 0 Å². The van der Waals surface area contributed by atoms with Crippen molar-refractivity contribution in [3.63, 3.8) is 0 Å². The number of esters is 1. The standard InChI is InChI=1S/C25H30ClNO5/c1-6-16(17-10-12-18(13-11-17)23(29)31-5)15-21(28)22(19-8-7-9-20(26)14-19)27-24(30)32-25(2,3)4/h7-14,16,22H,6,15H2,1-5H3,(H,27,30)/t16-,22?/m0/s1. The number of halogens is 1. The van der Waals surface area contributed by atoms with Crippen molar-refractivity contribution >= 4 is 29.4 Å². The van der Waals surface area contributed by atoms with E-state index in [2.05, 4.69) is 5.32 Å². The highest BCUT2D eigenvalue weighted by atomic mass is 35.5. The minimum Gasteiger partial charge on any atom is -0.465 e. The van der Waals surface area contributed by atoms with E-state index in [-0.39, 0.29) is 18.1 Å². The second-order valence-corrected chi connectivity index (χ2v) is 8.96. The average Bonchev–Trinajstić information content (AvgIpc) is 2.74. The molecule has 0 bridgehead atoms. The van der Waals surface area contributed by atoms with Gasteiger partial charge in [0.2, 0.25) is 0 Å². The third-order valence-electron chi connectivity index (χ3n) is 4.91. The SMILES string of the molecule is CC[C@@H](CC(=O)C(NC(=O)OC(C)(C)C)c1cccc(Cl)c1)c1ccc(C(=O)OC)cc1. The van der Waals surface area contributed by atoms with Gasteiger partial charge in [0.15, 0.2) is 5.78 Å². The van der Waals surface area contributed by atoms with E-state index in [1.807, 2.05) is 19.1 Å². The summed E-state index contributed by atoms with van der Waals surface area (Å²) in [5.74, 6) is -0.665. The van der Waals surface area contributed by atoms with E-state index in [4.69, 9.17) is 21.1 Å². The summed E-state index contributed by atoms with van der Waals surface area (Å²) in [4.78, 5) is 37.4. The van der Waals surface area contributed by atoms with Crippen molar-refractivity contribution in [2.75, 3.05) is 7.11 Å². The third kappa shape index (κ3) is 7.38. The molecule has 7 heteroatoms. The van der Waals surface area contributed by atoms with E-state index >= 15 is 0 Å². The fraction of sp³-hybridized carbons (Fsp3) is 0.400. The van der Waals surface area contributed by atoms with Crippen LogP contribution in [0.25, 0.3) is 0 Å². The average molecular weight is 460 g/mol. The predicted molar refractivity (Wildman–Crippen MR) is 124 cm³/mol. The molecule has 2 atom stereocenters. The van der Waals surface area contributed by atoms with Gasteiger partial charge >= 0.3 is 12.1 Å². The van der Waals surface area contributed by atoms with Crippen LogP contribution in [0.2, 0.25) is 5.02 Å². The molecule has 0 saturated carbocycles. The van der Waals surface area contributed by atoms with Gasteiger partial charge in [-0.2, -0.15) is 0 Å². The van der Waals surface area contributed by atoms with Gasteiger partial charge in [-0.05, 0) is 68.5 Å². The first-order chi connectivity index (χ1) is 15.0. The van der Waals surface area contributed by atoms with E-state index in [0.717, 1.165) is 5.56 Å². The summed E-state index contributed by atoms with van der Waals surface area (Å²) in [6.07, 6.45) is 0.227. The minimum absolute atomic E-state index is 0.0867. The summed E-state index contributed by atoms with van der Waals surface area (Å²) in [6, 6.07) is 13.0. The van der Waals surface area contributed by atoms with Crippen LogP contribution in [-0.2, 0) is 14.3 Å². The molecule has 0 aliphatic carbocycles. The van der Waals surface area contributed by atoms with Gasteiger partial charge in [-0.25, -0.2) is 9.59 Å². The summed E-state index contributed by atoms with van der Waals surface area (Å²) in [5.41, 5.74) is 1.26. The van der Waals surface area contributed by atoms with Gasteiger partial charge in [0.05, 0.1) is 12.7 Å². The molecule has 0 saturated heterocycles. The van der Waals surface area contributed by atoms with E-state index in [1.54, 1.807) is 57.2 Å². The summed E-state index contributed by atoms with van der Waals surface area (Å²) in [7, 11) is 1.33. The van der Waals surface area contributed by atoms with Crippen LogP contribution in [-0.4, -0.2) is 30.6 Å². The van der Waals surface area contributed by atoms with Crippen LogP contribution in [0, 0.1) is 0 Å². The lowest BCUT2D eigenvalue weighted by atomic mass is 9.87. The van der Waals surface area contributed by atoms with Crippen molar-refractivity contribution in [3.05, 3.63) is 70.2 Å². The van der Waals surface area contributed by atoms with Gasteiger partial charge in [-0.1, -0.05) is 42.8 Å². The molecular formula is C25H30ClNO5. The second-order valence-electron chi connectivity index (χ2n) is 8.52. The Morgan fingerprint density at radius 3 is 2.22 bits per heavy atom. The van der Waals surface area contributed by atoms with Crippen molar-refractivity contribution in [2.45, 2.75) is 58.1 Å². The molecule has 0 fully saturated rings. The molecule has 0 spiro atoms. The summed E-state index contributed by atoms with van der Waals surface area (Å²) in [6.45, 7) is 7.26. The first-order valence-corrected chi connectivity index (χ1v) is 10.9. The number of hydrogen-bond donors (Lipinski definition) is 1. The first kappa shape index (κ1) is 25.4. The number of rotatable bonds is 8. The van der Waals surface area contributed by atoms with E-state index in [1.165, 1.54) is 7.11 Å². The van der Waals surface area contributed by atoms with Crippen molar-refractivity contribution in [2.24, 2.45) is 0 Å². The number of Topliss-reactive ketones (excluding diaryl/α,β-unsaturated/α-hetero) is 1. The molecule has 0 heterocycles. The normalized spacial score (nSPS) is 13.1. The molecule has 1 N–H and O–H groups in total. The lowest BCUT2D eigenvalue weighted by Gasteiger charge is -2.25. The highest BCUT2D eigenvalue weighted by molar-refractivity contribution is 6.30. The number of ketones is 1. The van der Waals surface area contributed by atoms with Gasteiger partial charge in [0.1, 0.15) is 11.6 Å². The molecule has 1 amide bonds. The van der Waals surface area contributed by atoms with Crippen molar-refractivity contribution in [1.82, 2.24) is 5.32 Å². The fourth-order valence-corrected chi connectivity index (χ4v) is 3.53. The highest BCUT2D eigenvalue weighted by Gasteiger charge is 2.28. The Labute approximate surface area is 194 Å². The smallest absolute Gasteiger partial charge is 0.408 e. The number of carbonyl (C=O) groups is 3. The van der Waals surface area contributed by atoms with Crippen LogP contribution in [0.5, 0.6) is 0 Å². The van der Waals surface area contributed by atoms with Crippen LogP contribution < -0.4 is 5.32 Å². The Kier molecular flexibility index (Phi) is 8.84. The maximum Gasteiger partial charge on any atom is 0.408 e. The third-order valence-corrected chi connectivity index (χ3v) is 5.14. The number of methoxy groups -OCH3 is 1. The van der Waals surface area contributed by atoms with Crippen LogP contribution in [0.1, 0.15) is 74.0 Å². The Morgan fingerprint density at radius 2 is 1.69 bits per heavy atom. The summed E-state index contributed by atoms with van der Waals surface area (Å²) < 4.78 is 10.1. The van der Waals surface area contributed by atoms with E-state index in [0.29, 0.717) is 22.6 Å². The zero-order valence-electron chi connectivity index (χ0n) is 19.1. The number of ether oxygens (including phenoxy) is 2. The van der Waals surface area contributed by atoms with Crippen LogP contribution in [0.4, 0.5) is 4.79 Å². The number of carbonyl (C=O) groups excluding carboxylic acids is 3. The summed E-state index contributed by atoms with van der Waals surface area (Å²) >= 11 is 6.12. The lowest BCUT2D eigenvalue weighted by molar-refractivity contribution is -0.121. The Hall–Kier alpha value is -2.86. The van der Waals surface area contributed by atoms with E-state index in [9.17, 15) is 14.4 Å². The lowest BCUT2D eigenvalue weighted by Crippen LogP contribution is -2.38. The number of amides is 1. The van der Waals surface area contributed by atoms with Gasteiger partial charge < -0.3 is 14.8 Å². The number of benzene rings is 2. The monoisotopic (exact) mass is 459 g/mol. The van der Waals surface area contributed by atoms with Gasteiger partial charge in [0.25, 0.3) is 0 Å². The molecule has 0 radical (unpaired) electrons. The van der Waals surface area contributed by atoms with Crippen molar-refractivity contribution in [1.29, 1.82) is 0 Å². The first-order valence-electron chi connectivity index (χ1n) is 10.5. The van der Waals surface area contributed by atoms with Crippen LogP contribution >= 0.6 is 11.6 Å². The fourth-order valence-electron chi connectivity index (χ4n) is 3.33. The molecule has 6 nitrogen and oxygen atoms in total. The maximum atomic E-state index is 13.3. The Balaban J connectivity index is 2.25. The maximum absolute atomic E-state index is 13.3. The zero-order valence-corrected chi connectivity index (χ0v) is 19.9. The molecule has 2 aromatic carbocycles. The van der Waals surface area contributed by atoms with Gasteiger partial charge in [-0.15, -0.1) is 0 Å². The van der Waals surface area contributed by atoms with Crippen molar-refractivity contribution < 1.29 is 23.9 Å². The second kappa shape index (κ2) is 11.1. The van der Waals surface area contributed by atoms with E-state index < -0.39 is 23.7 Å². The minimum atomic E-state index is -0.896. The molecule has 1 unspecified atom stereocenters. The van der Waals surface area contributed by atoms with Crippen LogP contribution in [0.15, 0.2) is 48.5 Å². The Morgan fingerprint density at radius 1 is 1.03 bits per heavy atom. The molecule has 2 rings (SSSR count). The molecule has 0 aromatic heterocycles. The molecule has 172 valence electrons. The Bertz CT molecular complexity index is 950. The zero-order chi connectivity index (χ0) is 23.9. The quantitative estimate of drug-likeness (QED) is 0.501. The molecule has 0 aliphatic rings. The number of nitrogens with one attached hydrogen (secondary N) is 1. The largest absolute Gasteiger partial charge is 0.465 e. The van der Waals surface area contributed by atoms with Gasteiger partial charge in [0, 0.05) is 11.4 Å². The molecule has 0 aliphatic heterocycles. The molecular weight excluding hydrogens is 430 g/mol. The topological polar surface area (TPSA) is 81.7 Å². The number of hydrogen-bond acceptors (Lipinski definition) is 5.